The molecule has 2 N–H and O–H groups in total. The van der Waals surface area contributed by atoms with Gasteiger partial charge >= 0.3 is 0 Å². The van der Waals surface area contributed by atoms with Crippen LogP contribution in [0, 0.1) is 5.92 Å². The van der Waals surface area contributed by atoms with Crippen LogP contribution in [0.15, 0.2) is 24.3 Å². The molecule has 2 nitrogen and oxygen atoms in total. The topological polar surface area (TPSA) is 35.2 Å². The molecule has 0 aromatic heterocycles. The highest BCUT2D eigenvalue weighted by Gasteiger charge is 2.29. The summed E-state index contributed by atoms with van der Waals surface area (Å²) in [4.78, 5) is 0. The first-order chi connectivity index (χ1) is 7.56. The van der Waals surface area contributed by atoms with Crippen LogP contribution in [0.1, 0.15) is 39.2 Å². The molecule has 0 aliphatic rings. The SMILES string of the molecule is CCC(CC)C(C)(N)c1ccc(OC)cc1. The third-order valence-corrected chi connectivity index (χ3v) is 3.55. The van der Waals surface area contributed by atoms with Crippen LogP contribution in [0.5, 0.6) is 5.75 Å². The van der Waals surface area contributed by atoms with Gasteiger partial charge in [0, 0.05) is 5.54 Å². The summed E-state index contributed by atoms with van der Waals surface area (Å²) in [5.41, 5.74) is 7.38. The van der Waals surface area contributed by atoms with Gasteiger partial charge in [0.05, 0.1) is 7.11 Å². The summed E-state index contributed by atoms with van der Waals surface area (Å²) in [5, 5.41) is 0. The molecule has 16 heavy (non-hydrogen) atoms. The molecule has 2 heteroatoms. The van der Waals surface area contributed by atoms with Gasteiger partial charge in [-0.15, -0.1) is 0 Å². The second-order valence-electron chi connectivity index (χ2n) is 4.52. The largest absolute Gasteiger partial charge is 0.497 e. The molecule has 0 aliphatic carbocycles. The molecule has 0 bridgehead atoms. The van der Waals surface area contributed by atoms with Crippen LogP contribution in [0.25, 0.3) is 0 Å². The molecule has 0 saturated carbocycles. The number of nitrogens with two attached hydrogens (primary N) is 1. The van der Waals surface area contributed by atoms with E-state index in [2.05, 4.69) is 32.9 Å². The second kappa shape index (κ2) is 5.35. The fourth-order valence-corrected chi connectivity index (χ4v) is 2.32. The average Bonchev–Trinajstić information content (AvgIpc) is 2.30. The van der Waals surface area contributed by atoms with Crippen molar-refractivity contribution in [3.8, 4) is 5.75 Å². The van der Waals surface area contributed by atoms with Crippen LogP contribution < -0.4 is 10.5 Å². The van der Waals surface area contributed by atoms with Gasteiger partial charge in [-0.1, -0.05) is 38.8 Å². The molecule has 1 atom stereocenters. The van der Waals surface area contributed by atoms with Gasteiger partial charge in [-0.25, -0.2) is 0 Å². The van der Waals surface area contributed by atoms with Crippen molar-refractivity contribution >= 4 is 0 Å². The molecule has 90 valence electrons. The Bertz CT molecular complexity index is 312. The van der Waals surface area contributed by atoms with Crippen LogP contribution in [0.2, 0.25) is 0 Å². The van der Waals surface area contributed by atoms with E-state index in [1.54, 1.807) is 7.11 Å². The highest BCUT2D eigenvalue weighted by Crippen LogP contribution is 2.32. The molecule has 1 aromatic carbocycles. The van der Waals surface area contributed by atoms with E-state index in [1.807, 2.05) is 12.1 Å². The summed E-state index contributed by atoms with van der Waals surface area (Å²) in [5.74, 6) is 1.39. The fraction of sp³-hybridized carbons (Fsp3) is 0.571. The lowest BCUT2D eigenvalue weighted by molar-refractivity contribution is 0.282. The normalized spacial score (nSPS) is 14.9. The minimum atomic E-state index is -0.254. The van der Waals surface area contributed by atoms with Gasteiger partial charge in [-0.05, 0) is 30.5 Å². The monoisotopic (exact) mass is 221 g/mol. The van der Waals surface area contributed by atoms with Crippen LogP contribution in [0.4, 0.5) is 0 Å². The Morgan fingerprint density at radius 1 is 1.19 bits per heavy atom. The van der Waals surface area contributed by atoms with Crippen molar-refractivity contribution < 1.29 is 4.74 Å². The highest BCUT2D eigenvalue weighted by atomic mass is 16.5. The van der Waals surface area contributed by atoms with E-state index < -0.39 is 0 Å². The van der Waals surface area contributed by atoms with Gasteiger partial charge in [0.25, 0.3) is 0 Å². The summed E-state index contributed by atoms with van der Waals surface area (Å²) < 4.78 is 5.15. The fourth-order valence-electron chi connectivity index (χ4n) is 2.32. The maximum absolute atomic E-state index is 6.45. The van der Waals surface area contributed by atoms with E-state index in [1.165, 1.54) is 5.56 Å². The first-order valence-electron chi connectivity index (χ1n) is 5.99. The van der Waals surface area contributed by atoms with Gasteiger partial charge in [0.2, 0.25) is 0 Å². The number of methoxy groups -OCH3 is 1. The number of ether oxygens (including phenoxy) is 1. The minimum Gasteiger partial charge on any atom is -0.497 e. The van der Waals surface area contributed by atoms with E-state index in [0.29, 0.717) is 5.92 Å². The van der Waals surface area contributed by atoms with E-state index in [0.717, 1.165) is 18.6 Å². The number of hydrogen-bond donors (Lipinski definition) is 1. The first-order valence-corrected chi connectivity index (χ1v) is 5.99. The number of rotatable bonds is 5. The van der Waals surface area contributed by atoms with Gasteiger partial charge < -0.3 is 10.5 Å². The second-order valence-corrected chi connectivity index (χ2v) is 4.52. The third kappa shape index (κ3) is 2.56. The van der Waals surface area contributed by atoms with Gasteiger partial charge in [0.1, 0.15) is 5.75 Å². The zero-order valence-electron chi connectivity index (χ0n) is 10.8. The molecule has 0 radical (unpaired) electrons. The average molecular weight is 221 g/mol. The molecule has 0 saturated heterocycles. The summed E-state index contributed by atoms with van der Waals surface area (Å²) in [6, 6.07) is 8.08. The van der Waals surface area contributed by atoms with Crippen molar-refractivity contribution in [2.24, 2.45) is 11.7 Å². The maximum atomic E-state index is 6.45. The van der Waals surface area contributed by atoms with Gasteiger partial charge in [-0.2, -0.15) is 0 Å². The summed E-state index contributed by atoms with van der Waals surface area (Å²) in [7, 11) is 1.68. The molecule has 0 spiro atoms. The maximum Gasteiger partial charge on any atom is 0.118 e. The molecule has 0 amide bonds. The van der Waals surface area contributed by atoms with Gasteiger partial charge in [0.15, 0.2) is 0 Å². The summed E-state index contributed by atoms with van der Waals surface area (Å²) in [6.07, 6.45) is 2.21. The van der Waals surface area contributed by atoms with Crippen molar-refractivity contribution in [3.05, 3.63) is 29.8 Å². The van der Waals surface area contributed by atoms with E-state index >= 15 is 0 Å². The summed E-state index contributed by atoms with van der Waals surface area (Å²) >= 11 is 0. The molecule has 0 heterocycles. The summed E-state index contributed by atoms with van der Waals surface area (Å²) in [6.45, 7) is 6.51. The molecule has 0 aliphatic heterocycles. The Morgan fingerprint density at radius 2 is 1.69 bits per heavy atom. The Morgan fingerprint density at radius 3 is 2.06 bits per heavy atom. The zero-order valence-corrected chi connectivity index (χ0v) is 10.8. The minimum absolute atomic E-state index is 0.254. The van der Waals surface area contributed by atoms with Crippen LogP contribution in [0.3, 0.4) is 0 Å². The molecule has 1 rings (SSSR count). The predicted molar refractivity (Wildman–Crippen MR) is 68.6 cm³/mol. The van der Waals surface area contributed by atoms with E-state index in [-0.39, 0.29) is 5.54 Å². The Hall–Kier alpha value is -1.02. The predicted octanol–water partition coefficient (Wildman–Crippen LogP) is 3.31. The van der Waals surface area contributed by atoms with Crippen molar-refractivity contribution in [2.75, 3.05) is 7.11 Å². The standard InChI is InChI=1S/C14H23NO/c1-5-11(6-2)14(3,15)12-7-9-13(16-4)10-8-12/h7-11H,5-6,15H2,1-4H3. The molecule has 1 aromatic rings. The Labute approximate surface area is 98.8 Å². The lowest BCUT2D eigenvalue weighted by Crippen LogP contribution is -2.40. The molecule has 0 fully saturated rings. The number of benzene rings is 1. The van der Waals surface area contributed by atoms with E-state index in [9.17, 15) is 0 Å². The third-order valence-electron chi connectivity index (χ3n) is 3.55. The first kappa shape index (κ1) is 13.0. The van der Waals surface area contributed by atoms with Gasteiger partial charge in [-0.3, -0.25) is 0 Å². The van der Waals surface area contributed by atoms with E-state index in [4.69, 9.17) is 10.5 Å². The van der Waals surface area contributed by atoms with Crippen molar-refractivity contribution in [1.82, 2.24) is 0 Å². The molecule has 1 unspecified atom stereocenters. The van der Waals surface area contributed by atoms with Crippen LogP contribution in [-0.4, -0.2) is 7.11 Å². The van der Waals surface area contributed by atoms with Crippen LogP contribution in [-0.2, 0) is 5.54 Å². The smallest absolute Gasteiger partial charge is 0.118 e. The lowest BCUT2D eigenvalue weighted by atomic mass is 9.77. The van der Waals surface area contributed by atoms with Crippen molar-refractivity contribution in [2.45, 2.75) is 39.2 Å². The zero-order chi connectivity index (χ0) is 12.2. The quantitative estimate of drug-likeness (QED) is 0.828. The lowest BCUT2D eigenvalue weighted by Gasteiger charge is -2.33. The van der Waals surface area contributed by atoms with Crippen molar-refractivity contribution in [3.63, 3.8) is 0 Å². The molecular weight excluding hydrogens is 198 g/mol. The number of hydrogen-bond acceptors (Lipinski definition) is 2. The van der Waals surface area contributed by atoms with Crippen molar-refractivity contribution in [1.29, 1.82) is 0 Å². The highest BCUT2D eigenvalue weighted by molar-refractivity contribution is 5.31. The van der Waals surface area contributed by atoms with Crippen LogP contribution >= 0.6 is 0 Å². The Kier molecular flexibility index (Phi) is 4.36. The molecular formula is C14H23NO. The Balaban J connectivity index is 2.96.